The molecule has 1 aromatic carbocycles. The number of amides is 1. The van der Waals surface area contributed by atoms with Gasteiger partial charge in [0.15, 0.2) is 11.9 Å². The number of carbonyl (C=O) groups excluding carboxylic acids is 1. The zero-order chi connectivity index (χ0) is 21.9. The number of nitrogens with zero attached hydrogens (tertiary/aromatic N) is 4. The SMILES string of the molecule is [B]C([B])([B])N(CC)C(=O)[C@H](O)C#Cc1cccc(-c2ncc3ccnc(N)c3n2)c1. The van der Waals surface area contributed by atoms with E-state index >= 15 is 0 Å². The number of hydrogen-bond donors (Lipinski definition) is 2. The van der Waals surface area contributed by atoms with E-state index in [2.05, 4.69) is 26.8 Å². The number of aliphatic hydroxyl groups excluding tert-OH is 1. The molecule has 1 amide bonds. The summed E-state index contributed by atoms with van der Waals surface area (Å²) >= 11 is 0. The molecule has 3 N–H and O–H groups in total. The molecule has 30 heavy (non-hydrogen) atoms. The summed E-state index contributed by atoms with van der Waals surface area (Å²) in [6.07, 6.45) is 1.62. The number of aliphatic hydroxyl groups is 1. The number of carbonyl (C=O) groups is 1. The number of anilines is 1. The van der Waals surface area contributed by atoms with Crippen molar-refractivity contribution in [2.75, 3.05) is 12.3 Å². The van der Waals surface area contributed by atoms with E-state index in [1.807, 2.05) is 6.07 Å². The van der Waals surface area contributed by atoms with Crippen molar-refractivity contribution in [2.45, 2.75) is 18.3 Å². The van der Waals surface area contributed by atoms with E-state index in [1.54, 1.807) is 43.6 Å². The van der Waals surface area contributed by atoms with Gasteiger partial charge in [0.1, 0.15) is 11.3 Å². The van der Waals surface area contributed by atoms with Crippen LogP contribution in [0.5, 0.6) is 0 Å². The molecule has 3 aromatic rings. The van der Waals surface area contributed by atoms with Crippen LogP contribution in [-0.2, 0) is 4.79 Å². The summed E-state index contributed by atoms with van der Waals surface area (Å²) in [6.45, 7) is 1.75. The molecule has 2 heterocycles. The van der Waals surface area contributed by atoms with Gasteiger partial charge in [0.05, 0.1) is 23.5 Å². The maximum atomic E-state index is 12.3. The lowest BCUT2D eigenvalue weighted by molar-refractivity contribution is -0.137. The van der Waals surface area contributed by atoms with E-state index in [1.165, 1.54) is 0 Å². The minimum absolute atomic E-state index is 0.119. The van der Waals surface area contributed by atoms with Crippen molar-refractivity contribution in [1.82, 2.24) is 19.9 Å². The van der Waals surface area contributed by atoms with Gasteiger partial charge in [0.25, 0.3) is 5.91 Å². The van der Waals surface area contributed by atoms with Gasteiger partial charge in [-0.05, 0) is 25.1 Å². The van der Waals surface area contributed by atoms with Crippen molar-refractivity contribution >= 4 is 46.2 Å². The third kappa shape index (κ3) is 4.63. The highest BCUT2D eigenvalue weighted by molar-refractivity contribution is 6.59. The highest BCUT2D eigenvalue weighted by Gasteiger charge is 2.27. The quantitative estimate of drug-likeness (QED) is 0.478. The van der Waals surface area contributed by atoms with Gasteiger partial charge >= 0.3 is 0 Å². The topological polar surface area (TPSA) is 105 Å². The molecule has 0 aliphatic carbocycles. The van der Waals surface area contributed by atoms with Gasteiger partial charge in [0.2, 0.25) is 0 Å². The van der Waals surface area contributed by atoms with Crippen LogP contribution >= 0.6 is 0 Å². The molecule has 0 aliphatic heterocycles. The maximum Gasteiger partial charge on any atom is 0.262 e. The van der Waals surface area contributed by atoms with Gasteiger partial charge in [-0.15, -0.1) is 0 Å². The average Bonchev–Trinajstić information content (AvgIpc) is 2.71. The summed E-state index contributed by atoms with van der Waals surface area (Å²) in [4.78, 5) is 26.1. The minimum atomic E-state index is -1.89. The minimum Gasteiger partial charge on any atom is -0.382 e. The van der Waals surface area contributed by atoms with Crippen LogP contribution in [0, 0.1) is 11.8 Å². The number of hydrogen-bond acceptors (Lipinski definition) is 6. The van der Waals surface area contributed by atoms with E-state index in [-0.39, 0.29) is 6.54 Å². The molecule has 6 radical (unpaired) electrons. The molecule has 3 rings (SSSR count). The molecule has 0 spiro atoms. The Morgan fingerprint density at radius 2 is 2.07 bits per heavy atom. The third-order valence-corrected chi connectivity index (χ3v) is 4.29. The van der Waals surface area contributed by atoms with Crippen LogP contribution in [-0.4, -0.2) is 72.3 Å². The number of aromatic nitrogens is 3. The first-order valence-corrected chi connectivity index (χ1v) is 9.06. The van der Waals surface area contributed by atoms with Crippen molar-refractivity contribution in [2.24, 2.45) is 0 Å². The van der Waals surface area contributed by atoms with Crippen LogP contribution in [0.15, 0.2) is 42.7 Å². The first-order valence-electron chi connectivity index (χ1n) is 9.06. The fourth-order valence-corrected chi connectivity index (χ4v) is 2.83. The van der Waals surface area contributed by atoms with Crippen molar-refractivity contribution in [3.05, 3.63) is 48.3 Å². The molecular weight excluding hydrogens is 375 g/mol. The Bertz CT molecular complexity index is 1150. The average molecular weight is 391 g/mol. The molecule has 2 aromatic heterocycles. The molecule has 142 valence electrons. The second-order valence-electron chi connectivity index (χ2n) is 6.55. The maximum absolute atomic E-state index is 12.3. The number of nitrogens with two attached hydrogens (primary N) is 1. The van der Waals surface area contributed by atoms with Crippen LogP contribution in [0.25, 0.3) is 22.3 Å². The van der Waals surface area contributed by atoms with Gasteiger partial charge in [-0.2, -0.15) is 0 Å². The third-order valence-electron chi connectivity index (χ3n) is 4.29. The first kappa shape index (κ1) is 21.4. The van der Waals surface area contributed by atoms with Crippen molar-refractivity contribution in [3.63, 3.8) is 0 Å². The van der Waals surface area contributed by atoms with Crippen LogP contribution in [0.1, 0.15) is 12.5 Å². The van der Waals surface area contributed by atoms with Crippen molar-refractivity contribution in [1.29, 1.82) is 0 Å². The van der Waals surface area contributed by atoms with Crippen LogP contribution in [0.2, 0.25) is 0 Å². The number of benzene rings is 1. The summed E-state index contributed by atoms with van der Waals surface area (Å²) in [5.74, 6) is 5.20. The predicted molar refractivity (Wildman–Crippen MR) is 117 cm³/mol. The van der Waals surface area contributed by atoms with Gasteiger partial charge in [-0.25, -0.2) is 15.0 Å². The summed E-state index contributed by atoms with van der Waals surface area (Å²) < 4.78 is 0. The Morgan fingerprint density at radius 3 is 2.77 bits per heavy atom. The first-order chi connectivity index (χ1) is 14.2. The zero-order valence-corrected chi connectivity index (χ0v) is 16.3. The molecule has 10 heteroatoms. The second-order valence-corrected chi connectivity index (χ2v) is 6.55. The highest BCUT2D eigenvalue weighted by atomic mass is 16.3. The van der Waals surface area contributed by atoms with Crippen LogP contribution in [0.3, 0.4) is 0 Å². The van der Waals surface area contributed by atoms with E-state index in [0.717, 1.165) is 10.3 Å². The highest BCUT2D eigenvalue weighted by Crippen LogP contribution is 2.21. The summed E-state index contributed by atoms with van der Waals surface area (Å²) in [6, 6.07) is 8.80. The summed E-state index contributed by atoms with van der Waals surface area (Å²) in [5, 5.41) is 8.99. The van der Waals surface area contributed by atoms with E-state index in [4.69, 9.17) is 29.3 Å². The molecule has 0 bridgehead atoms. The van der Waals surface area contributed by atoms with Gasteiger partial charge in [0, 0.05) is 35.5 Å². The number of rotatable bonds is 4. The zero-order valence-electron chi connectivity index (χ0n) is 16.3. The molecule has 1 atom stereocenters. The van der Waals surface area contributed by atoms with Crippen molar-refractivity contribution < 1.29 is 9.90 Å². The second kappa shape index (κ2) is 8.60. The molecule has 0 aliphatic rings. The number of fused-ring (bicyclic) bond motifs is 1. The Balaban J connectivity index is 1.87. The number of pyridine rings is 1. The van der Waals surface area contributed by atoms with Gasteiger partial charge in [-0.3, -0.25) is 4.79 Å². The van der Waals surface area contributed by atoms with E-state index in [0.29, 0.717) is 28.3 Å². The Morgan fingerprint density at radius 1 is 1.30 bits per heavy atom. The monoisotopic (exact) mass is 391 g/mol. The van der Waals surface area contributed by atoms with E-state index in [9.17, 15) is 9.90 Å². The number of likely N-dealkylation sites (N-methyl/N-ethyl adjacent to an activating group) is 1. The molecule has 0 fully saturated rings. The number of nitrogen functional groups attached to an aromatic ring is 1. The fraction of sp³-hybridized carbons (Fsp3) is 0.200. The molecule has 0 saturated carbocycles. The fourth-order valence-electron chi connectivity index (χ4n) is 2.83. The Kier molecular flexibility index (Phi) is 6.13. The summed E-state index contributed by atoms with van der Waals surface area (Å²) in [5.41, 5.74) is 7.68. The van der Waals surface area contributed by atoms with Gasteiger partial charge < -0.3 is 15.7 Å². The van der Waals surface area contributed by atoms with Crippen LogP contribution in [0.4, 0.5) is 5.82 Å². The Labute approximate surface area is 178 Å². The molecule has 0 saturated heterocycles. The molecule has 0 unspecified atom stereocenters. The van der Waals surface area contributed by atoms with Crippen molar-refractivity contribution in [3.8, 4) is 23.2 Å². The lowest BCUT2D eigenvalue weighted by Gasteiger charge is -2.37. The smallest absolute Gasteiger partial charge is 0.262 e. The predicted octanol–water partition coefficient (Wildman–Crippen LogP) is -0.0483. The van der Waals surface area contributed by atoms with Gasteiger partial charge in [-0.1, -0.05) is 29.2 Å². The lowest BCUT2D eigenvalue weighted by Crippen LogP contribution is -2.56. The van der Waals surface area contributed by atoms with E-state index < -0.39 is 17.2 Å². The standard InChI is InChI=1S/C20H16B3N5O2/c1-2-28(20(21,22)23)19(30)15(29)7-6-12-4-3-5-13(10-12)18-26-11-14-8-9-25-17(24)16(14)27-18/h3-5,8-11,15,29H,2H2,1H3,(H2,24,25)/t15-/m1/s1. The summed E-state index contributed by atoms with van der Waals surface area (Å²) in [7, 11) is 16.6. The lowest BCUT2D eigenvalue weighted by atomic mass is 9.48. The Hall–Kier alpha value is -3.31. The largest absolute Gasteiger partial charge is 0.382 e. The molecule has 7 nitrogen and oxygen atoms in total. The van der Waals surface area contributed by atoms with Crippen LogP contribution < -0.4 is 5.73 Å². The normalized spacial score (nSPS) is 12.1. The molecular formula is C20H16B3N5O2.